The second kappa shape index (κ2) is 8.03. The van der Waals surface area contributed by atoms with Gasteiger partial charge in [-0.15, -0.1) is 10.2 Å². The van der Waals surface area contributed by atoms with Gasteiger partial charge in [0.25, 0.3) is 0 Å². The molecule has 3 heterocycles. The number of carboxylic acid groups (broad SMARTS) is 1. The third-order valence-corrected chi connectivity index (χ3v) is 6.89. The molecule has 0 saturated carbocycles. The maximum Gasteiger partial charge on any atom is 0.352 e. The molecule has 0 aromatic carbocycles. The number of thioether (sulfide) groups is 1. The van der Waals surface area contributed by atoms with Crippen molar-refractivity contribution in [1.82, 2.24) is 15.1 Å². The summed E-state index contributed by atoms with van der Waals surface area (Å²) >= 11 is 2.83. The summed E-state index contributed by atoms with van der Waals surface area (Å²) in [5.74, 6) is -1.58. The molecule has 2 aliphatic heterocycles. The van der Waals surface area contributed by atoms with E-state index >= 15 is 0 Å². The predicted molar refractivity (Wildman–Crippen MR) is 97.5 cm³/mol. The average Bonchev–Trinajstić information content (AvgIpc) is 3.17. The molecule has 1 fully saturated rings. The Hall–Kier alpha value is -1.49. The summed E-state index contributed by atoms with van der Waals surface area (Å²) in [4.78, 5) is 25.7. The standard InChI is InChI=1S/C16H22N4O4S2/c1-8(21)11-12-9(4-2-3-5-17)10(6-25-16-19-18-7-26-16)13(15(23)24)20(12)14(11)22/h7-9,11-12,21H,2-6,17H2,1H3,(H,23,24)/t8-,9+,11-,12-/m1/s1. The predicted octanol–water partition coefficient (Wildman–Crippen LogP) is 0.935. The summed E-state index contributed by atoms with van der Waals surface area (Å²) in [5, 5.41) is 27.5. The van der Waals surface area contributed by atoms with Crippen molar-refractivity contribution in [3.63, 3.8) is 0 Å². The number of aliphatic hydroxyl groups is 1. The molecule has 8 nitrogen and oxygen atoms in total. The number of aromatic nitrogens is 2. The molecule has 26 heavy (non-hydrogen) atoms. The second-order valence-electron chi connectivity index (χ2n) is 6.53. The van der Waals surface area contributed by atoms with Gasteiger partial charge in [-0.25, -0.2) is 4.79 Å². The van der Waals surface area contributed by atoms with Gasteiger partial charge >= 0.3 is 5.97 Å². The Bertz CT molecular complexity index is 707. The van der Waals surface area contributed by atoms with E-state index in [0.29, 0.717) is 12.3 Å². The summed E-state index contributed by atoms with van der Waals surface area (Å²) in [5.41, 5.74) is 8.04. The molecule has 1 aromatic rings. The first-order valence-electron chi connectivity index (χ1n) is 8.53. The van der Waals surface area contributed by atoms with Gasteiger partial charge in [-0.1, -0.05) is 29.5 Å². The number of hydrogen-bond acceptors (Lipinski definition) is 8. The third-order valence-electron chi connectivity index (χ3n) is 4.98. The van der Waals surface area contributed by atoms with Crippen LogP contribution >= 0.6 is 23.1 Å². The molecule has 1 aromatic heterocycles. The Kier molecular flexibility index (Phi) is 5.96. The lowest BCUT2D eigenvalue weighted by Crippen LogP contribution is -2.63. The van der Waals surface area contributed by atoms with E-state index in [1.54, 1.807) is 12.4 Å². The number of unbranched alkanes of at least 4 members (excludes halogenated alkanes) is 1. The highest BCUT2D eigenvalue weighted by atomic mass is 32.2. The fraction of sp³-hybridized carbons (Fsp3) is 0.625. The van der Waals surface area contributed by atoms with Crippen LogP contribution in [0.15, 0.2) is 21.1 Å². The zero-order valence-electron chi connectivity index (χ0n) is 14.4. The van der Waals surface area contributed by atoms with E-state index in [9.17, 15) is 19.8 Å². The van der Waals surface area contributed by atoms with E-state index in [0.717, 1.165) is 29.2 Å². The minimum atomic E-state index is -1.10. The lowest BCUT2D eigenvalue weighted by atomic mass is 9.75. The highest BCUT2D eigenvalue weighted by Gasteiger charge is 2.60. The zero-order chi connectivity index (χ0) is 18.8. The Morgan fingerprint density at radius 3 is 2.85 bits per heavy atom. The van der Waals surface area contributed by atoms with Gasteiger partial charge in [-0.05, 0) is 31.9 Å². The number of hydrogen-bond donors (Lipinski definition) is 3. The lowest BCUT2D eigenvalue weighted by Gasteiger charge is -2.47. The van der Waals surface area contributed by atoms with Gasteiger partial charge in [0.05, 0.1) is 18.1 Å². The topological polar surface area (TPSA) is 130 Å². The minimum Gasteiger partial charge on any atom is -0.477 e. The maximum absolute atomic E-state index is 12.5. The van der Waals surface area contributed by atoms with Gasteiger partial charge in [0.2, 0.25) is 5.91 Å². The van der Waals surface area contributed by atoms with Crippen LogP contribution in [0.3, 0.4) is 0 Å². The number of β-lactam (4-membered cyclic amide) rings is 1. The van der Waals surface area contributed by atoms with Crippen LogP contribution in [0.5, 0.6) is 0 Å². The number of aliphatic carboxylic acids is 1. The second-order valence-corrected chi connectivity index (χ2v) is 8.58. The fourth-order valence-corrected chi connectivity index (χ4v) is 5.48. The first-order chi connectivity index (χ1) is 12.5. The molecular weight excluding hydrogens is 376 g/mol. The van der Waals surface area contributed by atoms with Crippen molar-refractivity contribution in [2.24, 2.45) is 17.6 Å². The molecule has 10 heteroatoms. The van der Waals surface area contributed by atoms with Crippen LogP contribution in [0.25, 0.3) is 0 Å². The van der Waals surface area contributed by atoms with Crippen molar-refractivity contribution in [3.8, 4) is 0 Å². The lowest BCUT2D eigenvalue weighted by molar-refractivity contribution is -0.163. The molecule has 0 bridgehead atoms. The minimum absolute atomic E-state index is 0.0756. The molecule has 0 radical (unpaired) electrons. The SMILES string of the molecule is C[C@@H](O)[C@H]1C(=O)N2C(C(=O)O)=C(CSc3nncs3)[C@H](CCCCN)[C@H]12. The molecule has 1 saturated heterocycles. The van der Waals surface area contributed by atoms with Crippen molar-refractivity contribution in [1.29, 1.82) is 0 Å². The van der Waals surface area contributed by atoms with Crippen molar-refractivity contribution < 1.29 is 19.8 Å². The molecule has 4 N–H and O–H groups in total. The summed E-state index contributed by atoms with van der Waals surface area (Å²) in [6.45, 7) is 2.16. The molecule has 0 unspecified atom stereocenters. The normalized spacial score (nSPS) is 26.0. The third kappa shape index (κ3) is 3.38. The van der Waals surface area contributed by atoms with Crippen LogP contribution in [-0.4, -0.2) is 61.6 Å². The quantitative estimate of drug-likeness (QED) is 0.318. The van der Waals surface area contributed by atoms with Gasteiger partial charge < -0.3 is 20.8 Å². The monoisotopic (exact) mass is 398 g/mol. The zero-order valence-corrected chi connectivity index (χ0v) is 16.0. The van der Waals surface area contributed by atoms with Crippen LogP contribution in [0.4, 0.5) is 0 Å². The van der Waals surface area contributed by atoms with E-state index in [4.69, 9.17) is 5.73 Å². The first kappa shape index (κ1) is 19.3. The van der Waals surface area contributed by atoms with E-state index in [2.05, 4.69) is 10.2 Å². The highest BCUT2D eigenvalue weighted by molar-refractivity contribution is 8.01. The Balaban J connectivity index is 1.89. The summed E-state index contributed by atoms with van der Waals surface area (Å²) in [6, 6.07) is -0.281. The van der Waals surface area contributed by atoms with Gasteiger partial charge in [0, 0.05) is 11.7 Å². The van der Waals surface area contributed by atoms with E-state index in [-0.39, 0.29) is 23.6 Å². The smallest absolute Gasteiger partial charge is 0.352 e. The molecule has 4 atom stereocenters. The van der Waals surface area contributed by atoms with Crippen LogP contribution in [0.1, 0.15) is 26.2 Å². The summed E-state index contributed by atoms with van der Waals surface area (Å²) < 4.78 is 0.760. The Labute approximate surface area is 159 Å². The number of fused-ring (bicyclic) bond motifs is 1. The molecule has 3 rings (SSSR count). The molecule has 1 amide bonds. The van der Waals surface area contributed by atoms with Crippen molar-refractivity contribution in [3.05, 3.63) is 16.8 Å². The average molecular weight is 399 g/mol. The first-order valence-corrected chi connectivity index (χ1v) is 10.4. The Morgan fingerprint density at radius 2 is 2.27 bits per heavy atom. The van der Waals surface area contributed by atoms with Crippen LogP contribution in [-0.2, 0) is 9.59 Å². The largest absolute Gasteiger partial charge is 0.477 e. The van der Waals surface area contributed by atoms with Gasteiger partial charge in [0.15, 0.2) is 4.34 Å². The fourth-order valence-electron chi connectivity index (χ4n) is 3.88. The van der Waals surface area contributed by atoms with Gasteiger partial charge in [-0.2, -0.15) is 0 Å². The maximum atomic E-state index is 12.5. The Morgan fingerprint density at radius 1 is 1.50 bits per heavy atom. The molecule has 0 aliphatic carbocycles. The molecule has 142 valence electrons. The van der Waals surface area contributed by atoms with Crippen molar-refractivity contribution in [2.75, 3.05) is 12.3 Å². The van der Waals surface area contributed by atoms with E-state index < -0.39 is 18.0 Å². The molecular formula is C16H22N4O4S2. The number of aliphatic hydroxyl groups excluding tert-OH is 1. The highest BCUT2D eigenvalue weighted by Crippen LogP contribution is 2.50. The van der Waals surface area contributed by atoms with Crippen LogP contribution in [0, 0.1) is 11.8 Å². The summed E-state index contributed by atoms with van der Waals surface area (Å²) in [7, 11) is 0. The van der Waals surface area contributed by atoms with Crippen molar-refractivity contribution in [2.45, 2.75) is 42.7 Å². The van der Waals surface area contributed by atoms with Crippen molar-refractivity contribution >= 4 is 35.0 Å². The van der Waals surface area contributed by atoms with Crippen LogP contribution < -0.4 is 5.73 Å². The van der Waals surface area contributed by atoms with E-state index in [1.807, 2.05) is 0 Å². The van der Waals surface area contributed by atoms with E-state index in [1.165, 1.54) is 28.0 Å². The summed E-state index contributed by atoms with van der Waals surface area (Å²) in [6.07, 6.45) is 1.64. The molecule has 2 aliphatic rings. The number of rotatable bonds is 9. The van der Waals surface area contributed by atoms with Gasteiger partial charge in [-0.3, -0.25) is 4.79 Å². The van der Waals surface area contributed by atoms with Crippen LogP contribution in [0.2, 0.25) is 0 Å². The number of carboxylic acids is 1. The van der Waals surface area contributed by atoms with Gasteiger partial charge in [0.1, 0.15) is 11.2 Å². The molecule has 0 spiro atoms. The number of carbonyl (C=O) groups excluding carboxylic acids is 1. The number of nitrogens with two attached hydrogens (primary N) is 1. The number of nitrogens with zero attached hydrogens (tertiary/aromatic N) is 3. The number of carbonyl (C=O) groups is 2. The number of amides is 1.